The average molecular weight is 258 g/mol. The van der Waals surface area contributed by atoms with E-state index >= 15 is 0 Å². The summed E-state index contributed by atoms with van der Waals surface area (Å²) in [5, 5.41) is 7.86. The summed E-state index contributed by atoms with van der Waals surface area (Å²) < 4.78 is 11.7. The van der Waals surface area contributed by atoms with Gasteiger partial charge in [-0.1, -0.05) is 5.16 Å². The lowest BCUT2D eigenvalue weighted by atomic mass is 10.3. The molecule has 0 aliphatic rings. The molecule has 0 aliphatic heterocycles. The third-order valence-corrected chi connectivity index (χ3v) is 2.44. The van der Waals surface area contributed by atoms with Crippen LogP contribution in [-0.4, -0.2) is 37.0 Å². The van der Waals surface area contributed by atoms with Crippen LogP contribution in [0.2, 0.25) is 0 Å². The average Bonchev–Trinajstić information content (AvgIpc) is 3.11. The highest BCUT2D eigenvalue weighted by Gasteiger charge is 2.09. The largest absolute Gasteiger partial charge is 0.481 e. The van der Waals surface area contributed by atoms with Crippen molar-refractivity contribution >= 4 is 0 Å². The molecule has 3 aromatic heterocycles. The van der Waals surface area contributed by atoms with Gasteiger partial charge in [0.15, 0.2) is 0 Å². The molecule has 0 saturated heterocycles. The quantitative estimate of drug-likeness (QED) is 0.682. The molecule has 0 saturated carbocycles. The molecular weight excluding hydrogens is 248 g/mol. The van der Waals surface area contributed by atoms with Crippen molar-refractivity contribution in [3.05, 3.63) is 36.9 Å². The van der Waals surface area contributed by atoms with E-state index in [1.54, 1.807) is 30.4 Å². The topological polar surface area (TPSA) is 91.8 Å². The Hall–Kier alpha value is -2.77. The zero-order valence-electron chi connectivity index (χ0n) is 10.1. The number of hydrogen-bond donors (Lipinski definition) is 0. The van der Waals surface area contributed by atoms with Crippen LogP contribution in [0.15, 0.2) is 35.5 Å². The molecule has 3 aromatic rings. The fourth-order valence-corrected chi connectivity index (χ4v) is 1.52. The normalized spacial score (nSPS) is 10.6. The zero-order valence-corrected chi connectivity index (χ0v) is 10.1. The first-order chi connectivity index (χ1) is 9.35. The molecule has 0 unspecified atom stereocenters. The minimum absolute atomic E-state index is 0.385. The Balaban J connectivity index is 1.80. The van der Waals surface area contributed by atoms with Crippen LogP contribution >= 0.6 is 0 Å². The van der Waals surface area contributed by atoms with E-state index in [4.69, 9.17) is 9.26 Å². The van der Waals surface area contributed by atoms with Crippen molar-refractivity contribution < 1.29 is 9.26 Å². The van der Waals surface area contributed by atoms with Crippen LogP contribution in [0.4, 0.5) is 0 Å². The van der Waals surface area contributed by atoms with Crippen molar-refractivity contribution in [1.82, 2.24) is 29.9 Å². The first-order valence-corrected chi connectivity index (χ1v) is 5.50. The van der Waals surface area contributed by atoms with E-state index in [0.29, 0.717) is 24.1 Å². The number of aromatic nitrogens is 6. The summed E-state index contributed by atoms with van der Waals surface area (Å²) in [6.45, 7) is 0.385. The standard InChI is InChI=1S/C11H10N6O2/c1-18-9-3-2-8(4-13-9)11-15-10(19-16-11)5-17-7-12-6-14-17/h2-4,6-7H,5H2,1H3. The molecule has 0 spiro atoms. The van der Waals surface area contributed by atoms with Gasteiger partial charge in [0.2, 0.25) is 17.6 Å². The minimum atomic E-state index is 0.385. The van der Waals surface area contributed by atoms with Crippen LogP contribution in [0.3, 0.4) is 0 Å². The maximum absolute atomic E-state index is 5.14. The van der Waals surface area contributed by atoms with Gasteiger partial charge in [-0.2, -0.15) is 10.1 Å². The van der Waals surface area contributed by atoms with Crippen LogP contribution < -0.4 is 4.74 Å². The number of nitrogens with zero attached hydrogens (tertiary/aromatic N) is 6. The predicted molar refractivity (Wildman–Crippen MR) is 63.2 cm³/mol. The summed E-state index contributed by atoms with van der Waals surface area (Å²) >= 11 is 0. The first kappa shape index (κ1) is 11.3. The number of pyridine rings is 1. The van der Waals surface area contributed by atoms with Crippen LogP contribution in [0.5, 0.6) is 5.88 Å². The van der Waals surface area contributed by atoms with Gasteiger partial charge >= 0.3 is 0 Å². The molecular formula is C11H10N6O2. The van der Waals surface area contributed by atoms with Crippen molar-refractivity contribution in [3.8, 4) is 17.3 Å². The van der Waals surface area contributed by atoms with E-state index in [9.17, 15) is 0 Å². The number of methoxy groups -OCH3 is 1. The zero-order chi connectivity index (χ0) is 13.1. The summed E-state index contributed by atoms with van der Waals surface area (Å²) in [6.07, 6.45) is 4.66. The molecule has 0 atom stereocenters. The second kappa shape index (κ2) is 4.84. The van der Waals surface area contributed by atoms with Crippen LogP contribution in [-0.2, 0) is 6.54 Å². The number of hydrogen-bond acceptors (Lipinski definition) is 7. The van der Waals surface area contributed by atoms with Gasteiger partial charge in [-0.3, -0.25) is 0 Å². The Morgan fingerprint density at radius 3 is 3.00 bits per heavy atom. The Morgan fingerprint density at radius 1 is 1.37 bits per heavy atom. The van der Waals surface area contributed by atoms with Crippen molar-refractivity contribution in [2.45, 2.75) is 6.54 Å². The van der Waals surface area contributed by atoms with E-state index in [0.717, 1.165) is 5.56 Å². The lowest BCUT2D eigenvalue weighted by Crippen LogP contribution is -2.00. The van der Waals surface area contributed by atoms with Gasteiger partial charge in [0, 0.05) is 17.8 Å². The monoisotopic (exact) mass is 258 g/mol. The van der Waals surface area contributed by atoms with Crippen LogP contribution in [0, 0.1) is 0 Å². The van der Waals surface area contributed by atoms with E-state index in [1.165, 1.54) is 6.33 Å². The molecule has 96 valence electrons. The highest BCUT2D eigenvalue weighted by Crippen LogP contribution is 2.17. The molecule has 3 rings (SSSR count). The first-order valence-electron chi connectivity index (χ1n) is 5.50. The molecule has 0 amide bonds. The molecule has 0 N–H and O–H groups in total. The Bertz CT molecular complexity index is 646. The molecule has 8 nitrogen and oxygen atoms in total. The highest BCUT2D eigenvalue weighted by molar-refractivity contribution is 5.52. The molecule has 8 heteroatoms. The van der Waals surface area contributed by atoms with Crippen molar-refractivity contribution in [1.29, 1.82) is 0 Å². The Labute approximate surface area is 108 Å². The smallest absolute Gasteiger partial charge is 0.248 e. The van der Waals surface area contributed by atoms with Crippen molar-refractivity contribution in [2.24, 2.45) is 0 Å². The van der Waals surface area contributed by atoms with Crippen molar-refractivity contribution in [2.75, 3.05) is 7.11 Å². The fraction of sp³-hybridized carbons (Fsp3) is 0.182. The second-order valence-corrected chi connectivity index (χ2v) is 3.69. The maximum atomic E-state index is 5.14. The minimum Gasteiger partial charge on any atom is -0.481 e. The summed E-state index contributed by atoms with van der Waals surface area (Å²) in [5.74, 6) is 1.47. The molecule has 0 aliphatic carbocycles. The molecule has 3 heterocycles. The van der Waals surface area contributed by atoms with Gasteiger partial charge in [-0.05, 0) is 6.07 Å². The lowest BCUT2D eigenvalue weighted by molar-refractivity contribution is 0.366. The third kappa shape index (κ3) is 2.41. The fourth-order valence-electron chi connectivity index (χ4n) is 1.52. The molecule has 0 radical (unpaired) electrons. The summed E-state index contributed by atoms with van der Waals surface area (Å²) in [4.78, 5) is 12.2. The van der Waals surface area contributed by atoms with Gasteiger partial charge in [0.05, 0.1) is 7.11 Å². The predicted octanol–water partition coefficient (Wildman–Crippen LogP) is 0.780. The third-order valence-electron chi connectivity index (χ3n) is 2.44. The second-order valence-electron chi connectivity index (χ2n) is 3.69. The maximum Gasteiger partial charge on any atom is 0.248 e. The van der Waals surface area contributed by atoms with Crippen molar-refractivity contribution in [3.63, 3.8) is 0 Å². The molecule has 0 bridgehead atoms. The lowest BCUT2D eigenvalue weighted by Gasteiger charge is -1.97. The van der Waals surface area contributed by atoms with Crippen LogP contribution in [0.25, 0.3) is 11.4 Å². The summed E-state index contributed by atoms with van der Waals surface area (Å²) in [5.41, 5.74) is 0.759. The van der Waals surface area contributed by atoms with Gasteiger partial charge in [0.1, 0.15) is 19.2 Å². The Kier molecular flexibility index (Phi) is 2.89. The van der Waals surface area contributed by atoms with Crippen LogP contribution in [0.1, 0.15) is 5.89 Å². The number of ether oxygens (including phenoxy) is 1. The Morgan fingerprint density at radius 2 is 2.32 bits per heavy atom. The number of rotatable bonds is 4. The van der Waals surface area contributed by atoms with E-state index in [1.807, 2.05) is 6.07 Å². The van der Waals surface area contributed by atoms with Gasteiger partial charge in [-0.25, -0.2) is 14.6 Å². The highest BCUT2D eigenvalue weighted by atomic mass is 16.5. The molecule has 0 fully saturated rings. The van der Waals surface area contributed by atoms with Gasteiger partial charge in [-0.15, -0.1) is 0 Å². The van der Waals surface area contributed by atoms with E-state index < -0.39 is 0 Å². The van der Waals surface area contributed by atoms with E-state index in [2.05, 4.69) is 25.2 Å². The molecule has 0 aromatic carbocycles. The molecule has 19 heavy (non-hydrogen) atoms. The van der Waals surface area contributed by atoms with E-state index in [-0.39, 0.29) is 0 Å². The summed E-state index contributed by atoms with van der Waals surface area (Å²) in [6, 6.07) is 3.55. The SMILES string of the molecule is COc1ccc(-c2noc(Cn3cncn3)n2)cn1. The van der Waals surface area contributed by atoms with Gasteiger partial charge in [0.25, 0.3) is 0 Å². The summed E-state index contributed by atoms with van der Waals surface area (Å²) in [7, 11) is 1.56. The van der Waals surface area contributed by atoms with Gasteiger partial charge < -0.3 is 9.26 Å².